The van der Waals surface area contributed by atoms with E-state index in [9.17, 15) is 9.59 Å². The van der Waals surface area contributed by atoms with Crippen molar-refractivity contribution in [2.75, 3.05) is 11.9 Å². The van der Waals surface area contributed by atoms with Crippen molar-refractivity contribution in [3.63, 3.8) is 0 Å². The zero-order chi connectivity index (χ0) is 15.9. The fraction of sp³-hybridized carbons (Fsp3) is 0.400. The van der Waals surface area contributed by atoms with Crippen molar-refractivity contribution in [3.05, 3.63) is 29.8 Å². The van der Waals surface area contributed by atoms with Crippen LogP contribution in [0.15, 0.2) is 24.3 Å². The number of nitrogens with zero attached hydrogens (tertiary/aromatic N) is 1. The number of hydrogen-bond donors (Lipinski definition) is 3. The molecule has 3 N–H and O–H groups in total. The molecule has 0 radical (unpaired) electrons. The van der Waals surface area contributed by atoms with Gasteiger partial charge in [-0.3, -0.25) is 9.59 Å². The highest BCUT2D eigenvalue weighted by Crippen LogP contribution is 2.14. The standard InChI is InChI=1S/C15H19N3O3/c1-3-15(2,14(20)21)17-9-8-13(19)18-12-7-5-4-6-11(12)10-16/h4-7,17H,3,8-9H2,1-2H3,(H,18,19)(H,20,21). The van der Waals surface area contributed by atoms with Crippen molar-refractivity contribution in [1.82, 2.24) is 5.32 Å². The zero-order valence-corrected chi connectivity index (χ0v) is 12.1. The SMILES string of the molecule is CCC(C)(NCCC(=O)Nc1ccccc1C#N)C(=O)O. The minimum Gasteiger partial charge on any atom is -0.480 e. The predicted molar refractivity (Wildman–Crippen MR) is 78.7 cm³/mol. The topological polar surface area (TPSA) is 102 Å². The number of carboxylic acid groups (broad SMARTS) is 1. The number of aliphatic carboxylic acids is 1. The van der Waals surface area contributed by atoms with Gasteiger partial charge in [0.15, 0.2) is 0 Å². The Labute approximate surface area is 123 Å². The summed E-state index contributed by atoms with van der Waals surface area (Å²) in [6, 6.07) is 8.71. The molecular formula is C15H19N3O3. The van der Waals surface area contributed by atoms with Gasteiger partial charge in [0.05, 0.1) is 11.3 Å². The van der Waals surface area contributed by atoms with Crippen molar-refractivity contribution in [2.45, 2.75) is 32.2 Å². The Morgan fingerprint density at radius 2 is 2.05 bits per heavy atom. The predicted octanol–water partition coefficient (Wildman–Crippen LogP) is 1.73. The number of hydrogen-bond acceptors (Lipinski definition) is 4. The van der Waals surface area contributed by atoms with E-state index in [-0.39, 0.29) is 18.9 Å². The molecule has 6 nitrogen and oxygen atoms in total. The highest BCUT2D eigenvalue weighted by Gasteiger charge is 2.30. The van der Waals surface area contributed by atoms with Crippen LogP contribution in [0.1, 0.15) is 32.3 Å². The molecule has 6 heteroatoms. The summed E-state index contributed by atoms with van der Waals surface area (Å²) < 4.78 is 0. The lowest BCUT2D eigenvalue weighted by atomic mass is 9.99. The first-order valence-electron chi connectivity index (χ1n) is 6.70. The molecule has 0 heterocycles. The quantitative estimate of drug-likeness (QED) is 0.709. The summed E-state index contributed by atoms with van der Waals surface area (Å²) in [7, 11) is 0. The van der Waals surface area contributed by atoms with Crippen LogP contribution in [0.2, 0.25) is 0 Å². The van der Waals surface area contributed by atoms with Gasteiger partial charge in [0.1, 0.15) is 11.6 Å². The lowest BCUT2D eigenvalue weighted by molar-refractivity contribution is -0.144. The Hall–Kier alpha value is -2.39. The molecule has 112 valence electrons. The van der Waals surface area contributed by atoms with E-state index in [2.05, 4.69) is 10.6 Å². The minimum atomic E-state index is -1.04. The second-order valence-corrected chi connectivity index (χ2v) is 4.87. The fourth-order valence-corrected chi connectivity index (χ4v) is 1.71. The lowest BCUT2D eigenvalue weighted by Gasteiger charge is -2.24. The first-order chi connectivity index (χ1) is 9.92. The summed E-state index contributed by atoms with van der Waals surface area (Å²) in [5.41, 5.74) is -0.186. The van der Waals surface area contributed by atoms with E-state index < -0.39 is 11.5 Å². The third kappa shape index (κ3) is 4.58. The third-order valence-corrected chi connectivity index (χ3v) is 3.37. The monoisotopic (exact) mass is 289 g/mol. The largest absolute Gasteiger partial charge is 0.480 e. The molecule has 0 aliphatic rings. The van der Waals surface area contributed by atoms with Crippen LogP contribution < -0.4 is 10.6 Å². The van der Waals surface area contributed by atoms with Gasteiger partial charge in [-0.25, -0.2) is 0 Å². The molecule has 1 amide bonds. The van der Waals surface area contributed by atoms with Gasteiger partial charge < -0.3 is 15.7 Å². The smallest absolute Gasteiger partial charge is 0.323 e. The Balaban J connectivity index is 2.52. The molecule has 0 saturated heterocycles. The van der Waals surface area contributed by atoms with Crippen molar-refractivity contribution < 1.29 is 14.7 Å². The van der Waals surface area contributed by atoms with Crippen LogP contribution in [-0.2, 0) is 9.59 Å². The van der Waals surface area contributed by atoms with E-state index in [1.54, 1.807) is 38.1 Å². The molecule has 1 aromatic carbocycles. The van der Waals surface area contributed by atoms with Crippen molar-refractivity contribution >= 4 is 17.6 Å². The Bertz CT molecular complexity index is 566. The first kappa shape index (κ1) is 16.7. The summed E-state index contributed by atoms with van der Waals surface area (Å²) in [5, 5.41) is 23.5. The van der Waals surface area contributed by atoms with Gasteiger partial charge in [-0.2, -0.15) is 5.26 Å². The maximum Gasteiger partial charge on any atom is 0.323 e. The molecule has 0 saturated carbocycles. The van der Waals surface area contributed by atoms with Crippen LogP contribution in [0.25, 0.3) is 0 Å². The van der Waals surface area contributed by atoms with Crippen LogP contribution in [-0.4, -0.2) is 29.1 Å². The molecule has 1 aromatic rings. The summed E-state index contributed by atoms with van der Waals surface area (Å²) >= 11 is 0. The normalized spacial score (nSPS) is 13.0. The molecule has 1 rings (SSSR count). The summed E-state index contributed by atoms with van der Waals surface area (Å²) in [4.78, 5) is 22.9. The van der Waals surface area contributed by atoms with Gasteiger partial charge in [-0.1, -0.05) is 19.1 Å². The second kappa shape index (κ2) is 7.41. The van der Waals surface area contributed by atoms with E-state index in [4.69, 9.17) is 10.4 Å². The number of para-hydroxylation sites is 1. The highest BCUT2D eigenvalue weighted by molar-refractivity contribution is 5.92. The Morgan fingerprint density at radius 1 is 1.38 bits per heavy atom. The number of anilines is 1. The maximum atomic E-state index is 11.8. The molecular weight excluding hydrogens is 270 g/mol. The third-order valence-electron chi connectivity index (χ3n) is 3.37. The number of amides is 1. The number of carboxylic acids is 1. The average molecular weight is 289 g/mol. The van der Waals surface area contributed by atoms with Gasteiger partial charge >= 0.3 is 5.97 Å². The van der Waals surface area contributed by atoms with Crippen LogP contribution in [0.4, 0.5) is 5.69 Å². The molecule has 21 heavy (non-hydrogen) atoms. The van der Waals surface area contributed by atoms with E-state index in [1.165, 1.54) is 0 Å². The molecule has 0 aliphatic heterocycles. The summed E-state index contributed by atoms with van der Waals surface area (Å²) in [6.07, 6.45) is 0.545. The van der Waals surface area contributed by atoms with E-state index in [0.29, 0.717) is 17.7 Å². The van der Waals surface area contributed by atoms with E-state index >= 15 is 0 Å². The van der Waals surface area contributed by atoms with Crippen LogP contribution in [0.5, 0.6) is 0 Å². The molecule has 1 unspecified atom stereocenters. The van der Waals surface area contributed by atoms with E-state index in [0.717, 1.165) is 0 Å². The van der Waals surface area contributed by atoms with E-state index in [1.807, 2.05) is 6.07 Å². The average Bonchev–Trinajstić information content (AvgIpc) is 2.47. The van der Waals surface area contributed by atoms with Crippen molar-refractivity contribution in [1.29, 1.82) is 5.26 Å². The van der Waals surface area contributed by atoms with Gasteiger partial charge in [0.25, 0.3) is 0 Å². The lowest BCUT2D eigenvalue weighted by Crippen LogP contribution is -2.49. The molecule has 0 aromatic heterocycles. The number of nitrogens with one attached hydrogen (secondary N) is 2. The van der Waals surface area contributed by atoms with Gasteiger partial charge in [0.2, 0.25) is 5.91 Å². The van der Waals surface area contributed by atoms with Gasteiger partial charge in [-0.05, 0) is 25.5 Å². The molecule has 0 fully saturated rings. The number of rotatable bonds is 7. The van der Waals surface area contributed by atoms with Crippen LogP contribution in [0, 0.1) is 11.3 Å². The molecule has 0 spiro atoms. The molecule has 0 aliphatic carbocycles. The minimum absolute atomic E-state index is 0.128. The zero-order valence-electron chi connectivity index (χ0n) is 12.1. The van der Waals surface area contributed by atoms with Crippen molar-refractivity contribution in [2.24, 2.45) is 0 Å². The second-order valence-electron chi connectivity index (χ2n) is 4.87. The summed E-state index contributed by atoms with van der Waals surface area (Å²) in [5.74, 6) is -1.21. The number of nitriles is 1. The molecule has 1 atom stereocenters. The first-order valence-corrected chi connectivity index (χ1v) is 6.70. The number of carbonyl (C=O) groups excluding carboxylic acids is 1. The van der Waals surface area contributed by atoms with Crippen LogP contribution in [0.3, 0.4) is 0 Å². The van der Waals surface area contributed by atoms with Gasteiger partial charge in [0, 0.05) is 13.0 Å². The van der Waals surface area contributed by atoms with Crippen molar-refractivity contribution in [3.8, 4) is 6.07 Å². The van der Waals surface area contributed by atoms with Gasteiger partial charge in [-0.15, -0.1) is 0 Å². The number of benzene rings is 1. The fourth-order valence-electron chi connectivity index (χ4n) is 1.71. The summed E-state index contributed by atoms with van der Waals surface area (Å²) in [6.45, 7) is 3.60. The van der Waals surface area contributed by atoms with Crippen LogP contribution >= 0.6 is 0 Å². The highest BCUT2D eigenvalue weighted by atomic mass is 16.4. The molecule has 0 bridgehead atoms. The Morgan fingerprint density at radius 3 is 2.62 bits per heavy atom. The Kier molecular flexibility index (Phi) is 5.88. The maximum absolute atomic E-state index is 11.8. The number of carbonyl (C=O) groups is 2.